The lowest BCUT2D eigenvalue weighted by molar-refractivity contribution is -0.141. The number of pyridine rings is 1. The van der Waals surface area contributed by atoms with Crippen molar-refractivity contribution in [1.29, 1.82) is 0 Å². The van der Waals surface area contributed by atoms with Crippen LogP contribution >= 0.6 is 0 Å². The van der Waals surface area contributed by atoms with Crippen molar-refractivity contribution in [3.05, 3.63) is 38.7 Å². The summed E-state index contributed by atoms with van der Waals surface area (Å²) >= 11 is 0. The van der Waals surface area contributed by atoms with E-state index in [9.17, 15) is 27.6 Å². The van der Waals surface area contributed by atoms with Crippen molar-refractivity contribution in [2.24, 2.45) is 13.0 Å². The maximum absolute atomic E-state index is 12.9. The van der Waals surface area contributed by atoms with Gasteiger partial charge in [0.2, 0.25) is 5.91 Å². The van der Waals surface area contributed by atoms with Crippen LogP contribution in [0.15, 0.2) is 21.7 Å². The molecule has 1 aliphatic rings. The van der Waals surface area contributed by atoms with E-state index in [0.717, 1.165) is 40.9 Å². The fourth-order valence-corrected chi connectivity index (χ4v) is 3.75. The Bertz CT molecular complexity index is 1050. The van der Waals surface area contributed by atoms with Gasteiger partial charge in [0.25, 0.3) is 5.56 Å². The lowest BCUT2D eigenvalue weighted by atomic mass is 9.87. The molecule has 0 unspecified atom stereocenters. The zero-order valence-electron chi connectivity index (χ0n) is 16.5. The molecule has 158 valence electrons. The second-order valence-electron chi connectivity index (χ2n) is 7.72. The van der Waals surface area contributed by atoms with Gasteiger partial charge < -0.3 is 4.90 Å². The summed E-state index contributed by atoms with van der Waals surface area (Å²) in [4.78, 5) is 43.0. The SMILES string of the molecule is CC1CCC(N(C)C(=O)Cn2c(=O)c3ccc(C(F)(F)F)nc3n(C)c2=O)CC1. The molecular formula is C19H23F3N4O3. The molecule has 2 aromatic rings. The maximum Gasteiger partial charge on any atom is 0.433 e. The van der Waals surface area contributed by atoms with E-state index in [1.54, 1.807) is 11.9 Å². The highest BCUT2D eigenvalue weighted by Crippen LogP contribution is 2.28. The summed E-state index contributed by atoms with van der Waals surface area (Å²) in [6, 6.07) is 1.73. The summed E-state index contributed by atoms with van der Waals surface area (Å²) < 4.78 is 40.3. The number of fused-ring (bicyclic) bond motifs is 1. The van der Waals surface area contributed by atoms with E-state index in [-0.39, 0.29) is 23.0 Å². The molecule has 1 aliphatic carbocycles. The summed E-state index contributed by atoms with van der Waals surface area (Å²) in [6.07, 6.45) is -0.966. The fraction of sp³-hybridized carbons (Fsp3) is 0.579. The Morgan fingerprint density at radius 1 is 1.21 bits per heavy atom. The number of halogens is 3. The number of amides is 1. The van der Waals surface area contributed by atoms with E-state index in [1.165, 1.54) is 7.05 Å². The average Bonchev–Trinajstić information content (AvgIpc) is 2.68. The van der Waals surface area contributed by atoms with E-state index in [1.807, 2.05) is 0 Å². The van der Waals surface area contributed by atoms with E-state index in [4.69, 9.17) is 0 Å². The highest BCUT2D eigenvalue weighted by molar-refractivity contribution is 5.77. The highest BCUT2D eigenvalue weighted by atomic mass is 19.4. The van der Waals surface area contributed by atoms with Gasteiger partial charge in [-0.05, 0) is 43.7 Å². The van der Waals surface area contributed by atoms with Crippen LogP contribution < -0.4 is 11.2 Å². The molecule has 0 saturated heterocycles. The Morgan fingerprint density at radius 3 is 2.41 bits per heavy atom. The van der Waals surface area contributed by atoms with Gasteiger partial charge in [-0.3, -0.25) is 18.7 Å². The first kappa shape index (κ1) is 21.1. The topological polar surface area (TPSA) is 77.2 Å². The molecule has 10 heteroatoms. The number of aryl methyl sites for hydroxylation is 1. The third-order valence-electron chi connectivity index (χ3n) is 5.70. The van der Waals surface area contributed by atoms with E-state index in [0.29, 0.717) is 12.0 Å². The molecule has 7 nitrogen and oxygen atoms in total. The largest absolute Gasteiger partial charge is 0.433 e. The predicted molar refractivity (Wildman–Crippen MR) is 100 cm³/mol. The minimum atomic E-state index is -4.70. The van der Waals surface area contributed by atoms with Gasteiger partial charge in [0, 0.05) is 20.1 Å². The van der Waals surface area contributed by atoms with Gasteiger partial charge in [0.05, 0.1) is 5.39 Å². The zero-order valence-corrected chi connectivity index (χ0v) is 16.5. The molecule has 0 spiro atoms. The Hall–Kier alpha value is -2.65. The van der Waals surface area contributed by atoms with Gasteiger partial charge in [-0.2, -0.15) is 13.2 Å². The minimum absolute atomic E-state index is 0.0507. The molecule has 1 fully saturated rings. The fourth-order valence-electron chi connectivity index (χ4n) is 3.75. The van der Waals surface area contributed by atoms with Crippen LogP contribution in [-0.2, 0) is 24.6 Å². The predicted octanol–water partition coefficient (Wildman–Crippen LogP) is 2.15. The van der Waals surface area contributed by atoms with Gasteiger partial charge in [-0.1, -0.05) is 6.92 Å². The van der Waals surface area contributed by atoms with E-state index in [2.05, 4.69) is 11.9 Å². The molecule has 0 radical (unpaired) electrons. The van der Waals surface area contributed by atoms with Crippen molar-refractivity contribution < 1.29 is 18.0 Å². The molecule has 3 rings (SSSR count). The van der Waals surface area contributed by atoms with Crippen molar-refractivity contribution in [3.63, 3.8) is 0 Å². The molecule has 0 N–H and O–H groups in total. The number of alkyl halides is 3. The molecular weight excluding hydrogens is 389 g/mol. The summed E-state index contributed by atoms with van der Waals surface area (Å²) in [5.74, 6) is 0.224. The molecule has 0 aliphatic heterocycles. The van der Waals surface area contributed by atoms with Crippen molar-refractivity contribution in [2.75, 3.05) is 7.05 Å². The van der Waals surface area contributed by atoms with E-state index >= 15 is 0 Å². The smallest absolute Gasteiger partial charge is 0.341 e. The standard InChI is InChI=1S/C19H23F3N4O3/c1-11-4-6-12(7-5-11)24(2)15(27)10-26-17(28)13-8-9-14(19(20,21)22)23-16(13)25(3)18(26)29/h8-9,11-12H,4-7,10H2,1-3H3. The number of aromatic nitrogens is 3. The van der Waals surface area contributed by atoms with Crippen molar-refractivity contribution in [2.45, 2.75) is 51.4 Å². The Balaban J connectivity index is 1.95. The van der Waals surface area contributed by atoms with Crippen LogP contribution in [0.25, 0.3) is 11.0 Å². The zero-order chi connectivity index (χ0) is 21.5. The van der Waals surface area contributed by atoms with Crippen LogP contribution in [0, 0.1) is 5.92 Å². The Morgan fingerprint density at radius 2 is 1.83 bits per heavy atom. The van der Waals surface area contributed by atoms with Crippen molar-refractivity contribution in [1.82, 2.24) is 19.0 Å². The molecule has 1 saturated carbocycles. The number of carbonyl (C=O) groups excluding carboxylic acids is 1. The number of likely N-dealkylation sites (N-methyl/N-ethyl adjacent to an activating group) is 1. The van der Waals surface area contributed by atoms with E-state index < -0.39 is 29.7 Å². The van der Waals surface area contributed by atoms with Gasteiger partial charge in [-0.25, -0.2) is 9.78 Å². The molecule has 0 bridgehead atoms. The normalized spacial score (nSPS) is 20.1. The lowest BCUT2D eigenvalue weighted by Gasteiger charge is -2.33. The minimum Gasteiger partial charge on any atom is -0.341 e. The average molecular weight is 412 g/mol. The van der Waals surface area contributed by atoms with Gasteiger partial charge in [-0.15, -0.1) is 0 Å². The van der Waals surface area contributed by atoms with Crippen LogP contribution in [0.3, 0.4) is 0 Å². The first-order valence-electron chi connectivity index (χ1n) is 9.44. The molecule has 2 heterocycles. The van der Waals surface area contributed by atoms with Crippen molar-refractivity contribution >= 4 is 16.9 Å². The van der Waals surface area contributed by atoms with Crippen LogP contribution in [0.2, 0.25) is 0 Å². The van der Waals surface area contributed by atoms with Crippen LogP contribution in [0.5, 0.6) is 0 Å². The second-order valence-corrected chi connectivity index (χ2v) is 7.72. The van der Waals surface area contributed by atoms with Gasteiger partial charge in [0.15, 0.2) is 0 Å². The Kier molecular flexibility index (Phi) is 5.55. The summed E-state index contributed by atoms with van der Waals surface area (Å²) in [6.45, 7) is 1.69. The van der Waals surface area contributed by atoms with Crippen molar-refractivity contribution in [3.8, 4) is 0 Å². The third kappa shape index (κ3) is 4.06. The molecule has 1 amide bonds. The number of rotatable bonds is 3. The first-order valence-corrected chi connectivity index (χ1v) is 9.44. The lowest BCUT2D eigenvalue weighted by Crippen LogP contribution is -2.46. The monoisotopic (exact) mass is 412 g/mol. The molecule has 0 aromatic carbocycles. The molecule has 2 aromatic heterocycles. The molecule has 0 atom stereocenters. The number of hydrogen-bond donors (Lipinski definition) is 0. The quantitative estimate of drug-likeness (QED) is 0.774. The summed E-state index contributed by atoms with van der Waals surface area (Å²) in [5.41, 5.74) is -3.27. The summed E-state index contributed by atoms with van der Waals surface area (Å²) in [5, 5.41) is -0.151. The number of carbonyl (C=O) groups is 1. The maximum atomic E-state index is 12.9. The van der Waals surface area contributed by atoms with Crippen LogP contribution in [0.1, 0.15) is 38.3 Å². The highest BCUT2D eigenvalue weighted by Gasteiger charge is 2.33. The number of nitrogens with zero attached hydrogens (tertiary/aromatic N) is 4. The van der Waals surface area contributed by atoms with Crippen LogP contribution in [-0.4, -0.2) is 38.0 Å². The van der Waals surface area contributed by atoms with Gasteiger partial charge >= 0.3 is 11.9 Å². The first-order chi connectivity index (χ1) is 13.5. The Labute approximate surface area is 164 Å². The summed E-state index contributed by atoms with van der Waals surface area (Å²) in [7, 11) is 2.88. The second kappa shape index (κ2) is 7.64. The van der Waals surface area contributed by atoms with Gasteiger partial charge in [0.1, 0.15) is 17.9 Å². The molecule has 29 heavy (non-hydrogen) atoms. The number of hydrogen-bond acceptors (Lipinski definition) is 4. The van der Waals surface area contributed by atoms with Crippen LogP contribution in [0.4, 0.5) is 13.2 Å². The third-order valence-corrected chi connectivity index (χ3v) is 5.70.